The zero-order valence-electron chi connectivity index (χ0n) is 11.6. The van der Waals surface area contributed by atoms with Crippen LogP contribution in [0, 0.1) is 6.92 Å². The molecule has 0 bridgehead atoms. The number of amides is 1. The number of carbonyl (C=O) groups is 1. The molecule has 3 heterocycles. The number of carbonyl (C=O) groups excluding carboxylic acids is 1. The van der Waals surface area contributed by atoms with Crippen LogP contribution in [0.1, 0.15) is 12.1 Å². The topological polar surface area (TPSA) is 63.1 Å². The maximum atomic E-state index is 12.5. The second-order valence-corrected chi connectivity index (χ2v) is 4.96. The molecule has 0 radical (unpaired) electrons. The van der Waals surface area contributed by atoms with E-state index in [4.69, 9.17) is 0 Å². The van der Waals surface area contributed by atoms with Gasteiger partial charge in [-0.15, -0.1) is 0 Å². The molecule has 1 fully saturated rings. The molecule has 1 aliphatic rings. The highest BCUT2D eigenvalue weighted by Crippen LogP contribution is 2.23. The number of aryl methyl sites for hydroxylation is 2. The summed E-state index contributed by atoms with van der Waals surface area (Å²) < 4.78 is 1.75. The molecule has 1 amide bonds. The number of pyridine rings is 1. The molecule has 1 aliphatic heterocycles. The summed E-state index contributed by atoms with van der Waals surface area (Å²) in [5.41, 5.74) is 0.913. The Kier molecular flexibility index (Phi) is 3.14. The summed E-state index contributed by atoms with van der Waals surface area (Å²) in [6.07, 6.45) is 2.48. The van der Waals surface area contributed by atoms with Gasteiger partial charge in [0, 0.05) is 25.9 Å². The Bertz CT molecular complexity index is 622. The molecule has 20 heavy (non-hydrogen) atoms. The number of nitrogens with zero attached hydrogens (tertiary/aromatic N) is 4. The Labute approximate surface area is 117 Å². The van der Waals surface area contributed by atoms with Crippen molar-refractivity contribution in [3.05, 3.63) is 36.2 Å². The molecule has 2 aromatic heterocycles. The minimum Gasteiger partial charge on any atom is -0.358 e. The van der Waals surface area contributed by atoms with Crippen molar-refractivity contribution in [1.82, 2.24) is 14.8 Å². The summed E-state index contributed by atoms with van der Waals surface area (Å²) in [4.78, 5) is 18.4. The van der Waals surface area contributed by atoms with Crippen molar-refractivity contribution in [2.45, 2.75) is 19.4 Å². The monoisotopic (exact) mass is 271 g/mol. The number of hydrogen-bond donors (Lipinski definition) is 1. The number of nitrogens with one attached hydrogen (secondary N) is 1. The van der Waals surface area contributed by atoms with Crippen molar-refractivity contribution in [3.63, 3.8) is 0 Å². The van der Waals surface area contributed by atoms with E-state index >= 15 is 0 Å². The largest absolute Gasteiger partial charge is 0.358 e. The van der Waals surface area contributed by atoms with Crippen LogP contribution >= 0.6 is 0 Å². The molecule has 0 aromatic carbocycles. The minimum absolute atomic E-state index is 0.0682. The fraction of sp³-hybridized carbons (Fsp3) is 0.357. The predicted molar refractivity (Wildman–Crippen MR) is 76.6 cm³/mol. The molecule has 1 unspecified atom stereocenters. The summed E-state index contributed by atoms with van der Waals surface area (Å²) in [5.74, 6) is 1.64. The molecule has 104 valence electrons. The molecular formula is C14H17N5O. The smallest absolute Gasteiger partial charge is 0.250 e. The van der Waals surface area contributed by atoms with Gasteiger partial charge < -0.3 is 5.32 Å². The number of aromatic nitrogens is 3. The number of anilines is 2. The quantitative estimate of drug-likeness (QED) is 0.915. The Morgan fingerprint density at radius 1 is 1.40 bits per heavy atom. The lowest BCUT2D eigenvalue weighted by Gasteiger charge is -2.17. The van der Waals surface area contributed by atoms with E-state index in [2.05, 4.69) is 15.4 Å². The van der Waals surface area contributed by atoms with Gasteiger partial charge in [-0.1, -0.05) is 6.07 Å². The summed E-state index contributed by atoms with van der Waals surface area (Å²) >= 11 is 0. The van der Waals surface area contributed by atoms with E-state index in [0.29, 0.717) is 6.54 Å². The average molecular weight is 271 g/mol. The van der Waals surface area contributed by atoms with Crippen molar-refractivity contribution < 1.29 is 4.79 Å². The van der Waals surface area contributed by atoms with E-state index < -0.39 is 0 Å². The van der Waals surface area contributed by atoms with E-state index in [-0.39, 0.29) is 11.9 Å². The summed E-state index contributed by atoms with van der Waals surface area (Å²) in [6, 6.07) is 7.33. The summed E-state index contributed by atoms with van der Waals surface area (Å²) in [6.45, 7) is 2.62. The van der Waals surface area contributed by atoms with E-state index in [1.54, 1.807) is 15.8 Å². The van der Waals surface area contributed by atoms with Gasteiger partial charge in [-0.05, 0) is 25.5 Å². The third-order valence-corrected chi connectivity index (χ3v) is 3.45. The van der Waals surface area contributed by atoms with Gasteiger partial charge >= 0.3 is 0 Å². The second-order valence-electron chi connectivity index (χ2n) is 4.96. The first-order valence-corrected chi connectivity index (χ1v) is 6.65. The van der Waals surface area contributed by atoms with Crippen molar-refractivity contribution in [1.29, 1.82) is 0 Å². The van der Waals surface area contributed by atoms with Crippen LogP contribution in [-0.4, -0.2) is 33.3 Å². The lowest BCUT2D eigenvalue weighted by molar-refractivity contribution is -0.117. The van der Waals surface area contributed by atoms with Gasteiger partial charge in [0.2, 0.25) is 0 Å². The molecule has 6 nitrogen and oxygen atoms in total. The molecule has 2 aromatic rings. The molecular weight excluding hydrogens is 254 g/mol. The number of rotatable bonds is 3. The Morgan fingerprint density at radius 2 is 2.25 bits per heavy atom. The predicted octanol–water partition coefficient (Wildman–Crippen LogP) is 1.34. The molecule has 3 rings (SSSR count). The first-order chi connectivity index (χ1) is 9.65. The van der Waals surface area contributed by atoms with Gasteiger partial charge in [-0.3, -0.25) is 14.4 Å². The maximum Gasteiger partial charge on any atom is 0.250 e. The standard InChI is InChI=1S/C14H17N5O/c1-10-9-13(18(2)17-10)19-8-6-11(14(19)20)16-12-5-3-4-7-15-12/h3-5,7,9,11H,6,8H2,1-2H3,(H,15,16). The van der Waals surface area contributed by atoms with E-state index in [1.807, 2.05) is 38.2 Å². The molecule has 1 N–H and O–H groups in total. The SMILES string of the molecule is Cc1cc(N2CCC(Nc3ccccn3)C2=O)n(C)n1. The van der Waals surface area contributed by atoms with Crippen LogP contribution < -0.4 is 10.2 Å². The highest BCUT2D eigenvalue weighted by Gasteiger charge is 2.34. The fourth-order valence-electron chi connectivity index (χ4n) is 2.52. The van der Waals surface area contributed by atoms with Crippen molar-refractivity contribution >= 4 is 17.5 Å². The summed E-state index contributed by atoms with van der Waals surface area (Å²) in [5, 5.41) is 7.47. The van der Waals surface area contributed by atoms with Crippen LogP contribution in [0.25, 0.3) is 0 Å². The molecule has 6 heteroatoms. The third-order valence-electron chi connectivity index (χ3n) is 3.45. The zero-order chi connectivity index (χ0) is 14.1. The second kappa shape index (κ2) is 4.96. The maximum absolute atomic E-state index is 12.5. The minimum atomic E-state index is -0.222. The van der Waals surface area contributed by atoms with Crippen LogP contribution in [0.5, 0.6) is 0 Å². The van der Waals surface area contributed by atoms with Gasteiger partial charge in [-0.25, -0.2) is 4.98 Å². The van der Waals surface area contributed by atoms with Crippen LogP contribution in [0.15, 0.2) is 30.5 Å². The van der Waals surface area contributed by atoms with Gasteiger partial charge in [0.1, 0.15) is 17.7 Å². The average Bonchev–Trinajstić information content (AvgIpc) is 2.94. The molecule has 0 saturated carbocycles. The van der Waals surface area contributed by atoms with Gasteiger partial charge in [-0.2, -0.15) is 5.10 Å². The van der Waals surface area contributed by atoms with E-state index in [0.717, 1.165) is 23.8 Å². The number of hydrogen-bond acceptors (Lipinski definition) is 4. The first-order valence-electron chi connectivity index (χ1n) is 6.65. The van der Waals surface area contributed by atoms with Gasteiger partial charge in [0.15, 0.2) is 0 Å². The van der Waals surface area contributed by atoms with Crippen molar-refractivity contribution in [2.24, 2.45) is 7.05 Å². The summed E-state index contributed by atoms with van der Waals surface area (Å²) in [7, 11) is 1.86. The van der Waals surface area contributed by atoms with Gasteiger partial charge in [0.25, 0.3) is 5.91 Å². The molecule has 0 aliphatic carbocycles. The van der Waals surface area contributed by atoms with E-state index in [9.17, 15) is 4.79 Å². The van der Waals surface area contributed by atoms with Crippen LogP contribution in [0.4, 0.5) is 11.6 Å². The van der Waals surface area contributed by atoms with Crippen molar-refractivity contribution in [3.8, 4) is 0 Å². The lowest BCUT2D eigenvalue weighted by Crippen LogP contribution is -2.34. The van der Waals surface area contributed by atoms with E-state index in [1.165, 1.54) is 0 Å². The molecule has 1 atom stereocenters. The van der Waals surface area contributed by atoms with Crippen LogP contribution in [0.3, 0.4) is 0 Å². The van der Waals surface area contributed by atoms with Crippen molar-refractivity contribution in [2.75, 3.05) is 16.8 Å². The van der Waals surface area contributed by atoms with Crippen LogP contribution in [-0.2, 0) is 11.8 Å². The first kappa shape index (κ1) is 12.7. The van der Waals surface area contributed by atoms with Gasteiger partial charge in [0.05, 0.1) is 5.69 Å². The Morgan fingerprint density at radius 3 is 2.90 bits per heavy atom. The highest BCUT2D eigenvalue weighted by molar-refractivity contribution is 6.00. The lowest BCUT2D eigenvalue weighted by atomic mass is 10.2. The third kappa shape index (κ3) is 2.24. The fourth-order valence-corrected chi connectivity index (χ4v) is 2.52. The normalized spacial score (nSPS) is 18.6. The molecule has 0 spiro atoms. The zero-order valence-corrected chi connectivity index (χ0v) is 11.6. The van der Waals surface area contributed by atoms with Crippen LogP contribution in [0.2, 0.25) is 0 Å². The Balaban J connectivity index is 1.76. The molecule has 1 saturated heterocycles. The highest BCUT2D eigenvalue weighted by atomic mass is 16.2. The Hall–Kier alpha value is -2.37.